The third kappa shape index (κ3) is 1.28. The van der Waals surface area contributed by atoms with Crippen LogP contribution in [0.15, 0.2) is 12.4 Å². The van der Waals surface area contributed by atoms with Crippen LogP contribution in [-0.4, -0.2) is 25.4 Å². The fourth-order valence-corrected chi connectivity index (χ4v) is 1.02. The van der Waals surface area contributed by atoms with E-state index in [-0.39, 0.29) is 11.6 Å². The molecular formula is C8H8N4O. The average molecular weight is 176 g/mol. The van der Waals surface area contributed by atoms with Crippen molar-refractivity contribution < 1.29 is 4.79 Å². The Morgan fingerprint density at radius 2 is 2.31 bits per heavy atom. The summed E-state index contributed by atoms with van der Waals surface area (Å²) in [7, 11) is 0. The van der Waals surface area contributed by atoms with Gasteiger partial charge in [0.05, 0.1) is 0 Å². The number of aromatic nitrogens is 4. The quantitative estimate of drug-likeness (QED) is 0.598. The molecule has 0 N–H and O–H groups in total. The number of Topliss-reactive ketones (excluding diaryl/α,β-unsaturated/α-hetero) is 1. The molecule has 0 radical (unpaired) electrons. The first-order valence-corrected chi connectivity index (χ1v) is 3.87. The molecule has 0 saturated carbocycles. The molecule has 5 nitrogen and oxygen atoms in total. The predicted molar refractivity (Wildman–Crippen MR) is 45.5 cm³/mol. The lowest BCUT2D eigenvalue weighted by Gasteiger charge is -1.90. The van der Waals surface area contributed by atoms with Gasteiger partial charge in [-0.3, -0.25) is 4.79 Å². The van der Waals surface area contributed by atoms with Crippen molar-refractivity contribution in [1.82, 2.24) is 19.6 Å². The van der Waals surface area contributed by atoms with Crippen LogP contribution in [0.4, 0.5) is 0 Å². The second-order valence-corrected chi connectivity index (χ2v) is 2.87. The lowest BCUT2D eigenvalue weighted by molar-refractivity contribution is 0.100. The summed E-state index contributed by atoms with van der Waals surface area (Å²) >= 11 is 0. The van der Waals surface area contributed by atoms with Gasteiger partial charge in [0.15, 0.2) is 5.78 Å². The zero-order valence-electron chi connectivity index (χ0n) is 7.35. The van der Waals surface area contributed by atoms with Crippen molar-refractivity contribution in [2.75, 3.05) is 0 Å². The number of hydrogen-bond acceptors (Lipinski definition) is 4. The summed E-state index contributed by atoms with van der Waals surface area (Å²) in [5, 5.41) is 3.97. The Hall–Kier alpha value is -1.78. The molecule has 2 aromatic rings. The summed E-state index contributed by atoms with van der Waals surface area (Å²) in [5.74, 6) is 0.511. The molecule has 0 unspecified atom stereocenters. The van der Waals surface area contributed by atoms with Gasteiger partial charge in [-0.05, 0) is 12.5 Å². The highest BCUT2D eigenvalue weighted by Gasteiger charge is 2.07. The van der Waals surface area contributed by atoms with Crippen LogP contribution in [0.5, 0.6) is 0 Å². The Labute approximate surface area is 74.4 Å². The largest absolute Gasteiger partial charge is 0.291 e. The van der Waals surface area contributed by atoms with E-state index >= 15 is 0 Å². The van der Waals surface area contributed by atoms with Crippen molar-refractivity contribution in [3.05, 3.63) is 23.8 Å². The normalized spacial score (nSPS) is 10.6. The van der Waals surface area contributed by atoms with Crippen LogP contribution in [0.2, 0.25) is 0 Å². The van der Waals surface area contributed by atoms with Crippen LogP contribution in [0, 0.1) is 6.92 Å². The minimum absolute atomic E-state index is 0.150. The lowest BCUT2D eigenvalue weighted by atomic mass is 10.4. The van der Waals surface area contributed by atoms with E-state index in [0.29, 0.717) is 5.78 Å². The predicted octanol–water partition coefficient (Wildman–Crippen LogP) is 0.635. The fraction of sp³-hybridized carbons (Fsp3) is 0.250. The highest BCUT2D eigenvalue weighted by molar-refractivity contribution is 5.90. The summed E-state index contributed by atoms with van der Waals surface area (Å²) in [6.07, 6.45) is 3.47. The monoisotopic (exact) mass is 176 g/mol. The van der Waals surface area contributed by atoms with Gasteiger partial charge in [0.25, 0.3) is 5.78 Å². The summed E-state index contributed by atoms with van der Waals surface area (Å²) < 4.78 is 1.51. The molecule has 2 aromatic heterocycles. The zero-order valence-corrected chi connectivity index (χ0v) is 7.35. The first-order chi connectivity index (χ1) is 6.16. The number of ketones is 1. The molecule has 66 valence electrons. The van der Waals surface area contributed by atoms with Gasteiger partial charge in [-0.2, -0.15) is 4.98 Å². The van der Waals surface area contributed by atoms with Crippen molar-refractivity contribution in [2.45, 2.75) is 13.8 Å². The number of fused-ring (bicyclic) bond motifs is 1. The topological polar surface area (TPSA) is 60.2 Å². The Morgan fingerprint density at radius 1 is 1.54 bits per heavy atom. The Morgan fingerprint density at radius 3 is 3.00 bits per heavy atom. The molecule has 2 heterocycles. The number of nitrogens with zero attached hydrogens (tertiary/aromatic N) is 4. The number of aryl methyl sites for hydroxylation is 1. The van der Waals surface area contributed by atoms with Gasteiger partial charge in [-0.25, -0.2) is 9.50 Å². The molecule has 0 aliphatic heterocycles. The van der Waals surface area contributed by atoms with E-state index < -0.39 is 0 Å². The molecule has 0 atom stereocenters. The fourth-order valence-electron chi connectivity index (χ4n) is 1.02. The third-order valence-corrected chi connectivity index (χ3v) is 1.64. The number of carbonyl (C=O) groups excluding carboxylic acids is 1. The minimum atomic E-state index is -0.150. The van der Waals surface area contributed by atoms with E-state index in [1.807, 2.05) is 6.92 Å². The van der Waals surface area contributed by atoms with Gasteiger partial charge in [-0.15, -0.1) is 5.10 Å². The van der Waals surface area contributed by atoms with Crippen molar-refractivity contribution >= 4 is 11.6 Å². The van der Waals surface area contributed by atoms with Crippen LogP contribution in [-0.2, 0) is 0 Å². The molecule has 0 amide bonds. The molecule has 0 bridgehead atoms. The Kier molecular flexibility index (Phi) is 1.58. The first-order valence-electron chi connectivity index (χ1n) is 3.87. The first kappa shape index (κ1) is 7.85. The highest BCUT2D eigenvalue weighted by atomic mass is 16.1. The van der Waals surface area contributed by atoms with E-state index in [4.69, 9.17) is 0 Å². The Balaban J connectivity index is 2.68. The van der Waals surface area contributed by atoms with Crippen LogP contribution in [0.3, 0.4) is 0 Å². The summed E-state index contributed by atoms with van der Waals surface area (Å²) in [5.41, 5.74) is 0.979. The second-order valence-electron chi connectivity index (χ2n) is 2.87. The molecule has 2 rings (SSSR count). The molecule has 0 fully saturated rings. The number of rotatable bonds is 1. The van der Waals surface area contributed by atoms with Gasteiger partial charge in [-0.1, -0.05) is 0 Å². The van der Waals surface area contributed by atoms with E-state index in [0.717, 1.165) is 5.56 Å². The molecule has 0 aromatic carbocycles. The molecule has 0 aliphatic rings. The van der Waals surface area contributed by atoms with Gasteiger partial charge >= 0.3 is 0 Å². The van der Waals surface area contributed by atoms with Gasteiger partial charge in [0.1, 0.15) is 0 Å². The molecule has 13 heavy (non-hydrogen) atoms. The standard InChI is InChI=1S/C8H8N4O/c1-5-3-9-8-10-7(6(2)13)11-12(8)4-5/h3-4H,1-2H3. The van der Waals surface area contributed by atoms with Crippen molar-refractivity contribution in [2.24, 2.45) is 0 Å². The summed E-state index contributed by atoms with van der Waals surface area (Å²) in [6, 6.07) is 0. The SMILES string of the molecule is CC(=O)c1nc2ncc(C)cn2n1. The number of carbonyl (C=O) groups is 1. The van der Waals surface area contributed by atoms with Crippen molar-refractivity contribution in [3.63, 3.8) is 0 Å². The minimum Gasteiger partial charge on any atom is -0.291 e. The Bertz CT molecular complexity index is 474. The average Bonchev–Trinajstić information content (AvgIpc) is 2.46. The lowest BCUT2D eigenvalue weighted by Crippen LogP contribution is -1.95. The molecular weight excluding hydrogens is 168 g/mol. The molecule has 0 saturated heterocycles. The van der Waals surface area contributed by atoms with Crippen LogP contribution in [0.25, 0.3) is 5.78 Å². The van der Waals surface area contributed by atoms with E-state index in [1.54, 1.807) is 12.4 Å². The van der Waals surface area contributed by atoms with E-state index in [2.05, 4.69) is 15.1 Å². The number of hydrogen-bond donors (Lipinski definition) is 0. The van der Waals surface area contributed by atoms with Crippen molar-refractivity contribution in [1.29, 1.82) is 0 Å². The zero-order chi connectivity index (χ0) is 9.42. The highest BCUT2D eigenvalue weighted by Crippen LogP contribution is 2.00. The molecule has 5 heteroatoms. The smallest absolute Gasteiger partial charge is 0.252 e. The van der Waals surface area contributed by atoms with Crippen LogP contribution < -0.4 is 0 Å². The van der Waals surface area contributed by atoms with E-state index in [1.165, 1.54) is 11.4 Å². The van der Waals surface area contributed by atoms with Gasteiger partial charge in [0.2, 0.25) is 5.82 Å². The maximum Gasteiger partial charge on any atom is 0.252 e. The van der Waals surface area contributed by atoms with Gasteiger partial charge < -0.3 is 0 Å². The van der Waals surface area contributed by atoms with Crippen LogP contribution >= 0.6 is 0 Å². The maximum absolute atomic E-state index is 10.9. The maximum atomic E-state index is 10.9. The molecule has 0 spiro atoms. The van der Waals surface area contributed by atoms with Gasteiger partial charge in [0, 0.05) is 19.3 Å². The van der Waals surface area contributed by atoms with E-state index in [9.17, 15) is 4.79 Å². The summed E-state index contributed by atoms with van der Waals surface area (Å²) in [6.45, 7) is 3.34. The summed E-state index contributed by atoms with van der Waals surface area (Å²) in [4.78, 5) is 18.9. The third-order valence-electron chi connectivity index (χ3n) is 1.64. The second kappa shape index (κ2) is 2.62. The van der Waals surface area contributed by atoms with Crippen LogP contribution in [0.1, 0.15) is 23.1 Å². The van der Waals surface area contributed by atoms with Crippen molar-refractivity contribution in [3.8, 4) is 0 Å². The molecule has 0 aliphatic carbocycles.